The van der Waals surface area contributed by atoms with Gasteiger partial charge in [-0.3, -0.25) is 4.90 Å². The zero-order valence-electron chi connectivity index (χ0n) is 9.42. The van der Waals surface area contributed by atoms with Gasteiger partial charge < -0.3 is 10.5 Å². The quantitative estimate of drug-likeness (QED) is 0.608. The summed E-state index contributed by atoms with van der Waals surface area (Å²) >= 11 is 0. The van der Waals surface area contributed by atoms with Crippen LogP contribution in [-0.2, 0) is 4.74 Å². The third-order valence-electron chi connectivity index (χ3n) is 2.58. The lowest BCUT2D eigenvalue weighted by atomic mass is 10.1. The van der Waals surface area contributed by atoms with Crippen molar-refractivity contribution in [2.24, 2.45) is 5.73 Å². The van der Waals surface area contributed by atoms with Gasteiger partial charge in [0.05, 0.1) is 6.61 Å². The molecule has 0 spiro atoms. The predicted octanol–water partition coefficient (Wildman–Crippen LogP) is 1.08. The first kappa shape index (κ1) is 12.9. The van der Waals surface area contributed by atoms with Crippen LogP contribution in [0, 0.1) is 0 Å². The molecule has 0 radical (unpaired) electrons. The average Bonchev–Trinajstić information content (AvgIpc) is 2.15. The second-order valence-corrected chi connectivity index (χ2v) is 3.49. The van der Waals surface area contributed by atoms with Gasteiger partial charge in [-0.2, -0.15) is 0 Å². The monoisotopic (exact) mass is 188 g/mol. The number of ether oxygens (including phenoxy) is 1. The molecule has 13 heavy (non-hydrogen) atoms. The van der Waals surface area contributed by atoms with E-state index in [2.05, 4.69) is 25.8 Å². The van der Waals surface area contributed by atoms with Crippen molar-refractivity contribution in [2.75, 3.05) is 26.8 Å². The molecule has 80 valence electrons. The normalized spacial score (nSPS) is 16.2. The van der Waals surface area contributed by atoms with Crippen LogP contribution in [-0.4, -0.2) is 43.8 Å². The maximum Gasteiger partial charge on any atom is 0.0593 e. The van der Waals surface area contributed by atoms with Crippen LogP contribution in [0.2, 0.25) is 0 Å². The fourth-order valence-electron chi connectivity index (χ4n) is 1.22. The number of nitrogens with zero attached hydrogens (tertiary/aromatic N) is 1. The highest BCUT2D eigenvalue weighted by Gasteiger charge is 2.14. The molecule has 2 atom stereocenters. The second kappa shape index (κ2) is 7.30. The lowest BCUT2D eigenvalue weighted by molar-refractivity contribution is 0.104. The standard InChI is InChI=1S/C10H24N2O/c1-5-10(11)9(3)12(4)7-8-13-6-2/h9-10H,5-8,11H2,1-4H3. The second-order valence-electron chi connectivity index (χ2n) is 3.49. The van der Waals surface area contributed by atoms with Gasteiger partial charge in [-0.05, 0) is 27.3 Å². The molecular formula is C10H24N2O. The minimum absolute atomic E-state index is 0.270. The first-order chi connectivity index (χ1) is 6.13. The molecule has 0 rings (SSSR count). The summed E-state index contributed by atoms with van der Waals surface area (Å²) in [5.74, 6) is 0. The lowest BCUT2D eigenvalue weighted by Crippen LogP contribution is -2.44. The molecule has 0 amide bonds. The largest absolute Gasteiger partial charge is 0.380 e. The van der Waals surface area contributed by atoms with Crippen LogP contribution >= 0.6 is 0 Å². The summed E-state index contributed by atoms with van der Waals surface area (Å²) in [6.07, 6.45) is 1.03. The van der Waals surface area contributed by atoms with E-state index in [-0.39, 0.29) is 6.04 Å². The van der Waals surface area contributed by atoms with Gasteiger partial charge in [0.2, 0.25) is 0 Å². The first-order valence-corrected chi connectivity index (χ1v) is 5.17. The minimum Gasteiger partial charge on any atom is -0.380 e. The summed E-state index contributed by atoms with van der Waals surface area (Å²) in [5, 5.41) is 0. The van der Waals surface area contributed by atoms with E-state index in [0.717, 1.165) is 26.2 Å². The Kier molecular flexibility index (Phi) is 7.23. The molecule has 0 heterocycles. The molecule has 0 aliphatic carbocycles. The highest BCUT2D eigenvalue weighted by molar-refractivity contribution is 4.74. The van der Waals surface area contributed by atoms with Crippen molar-refractivity contribution in [1.82, 2.24) is 4.90 Å². The van der Waals surface area contributed by atoms with Crippen LogP contribution in [0.15, 0.2) is 0 Å². The van der Waals surface area contributed by atoms with E-state index >= 15 is 0 Å². The first-order valence-electron chi connectivity index (χ1n) is 5.17. The van der Waals surface area contributed by atoms with Gasteiger partial charge in [-0.1, -0.05) is 6.92 Å². The van der Waals surface area contributed by atoms with Crippen molar-refractivity contribution in [2.45, 2.75) is 39.3 Å². The number of rotatable bonds is 7. The maximum atomic E-state index is 5.94. The molecule has 0 aliphatic rings. The van der Waals surface area contributed by atoms with Gasteiger partial charge >= 0.3 is 0 Å². The summed E-state index contributed by atoms with van der Waals surface area (Å²) in [5.41, 5.74) is 5.94. The van der Waals surface area contributed by atoms with Crippen LogP contribution in [0.3, 0.4) is 0 Å². The Bertz CT molecular complexity index is 119. The highest BCUT2D eigenvalue weighted by Crippen LogP contribution is 2.02. The molecular weight excluding hydrogens is 164 g/mol. The Hall–Kier alpha value is -0.120. The third kappa shape index (κ3) is 5.24. The van der Waals surface area contributed by atoms with Crippen molar-refractivity contribution < 1.29 is 4.74 Å². The van der Waals surface area contributed by atoms with Gasteiger partial charge in [-0.15, -0.1) is 0 Å². The molecule has 0 aromatic heterocycles. The van der Waals surface area contributed by atoms with E-state index < -0.39 is 0 Å². The van der Waals surface area contributed by atoms with Gasteiger partial charge in [0, 0.05) is 25.2 Å². The van der Waals surface area contributed by atoms with Crippen molar-refractivity contribution in [3.05, 3.63) is 0 Å². The number of hydrogen-bond acceptors (Lipinski definition) is 3. The smallest absolute Gasteiger partial charge is 0.0593 e. The molecule has 0 aromatic rings. The van der Waals surface area contributed by atoms with Gasteiger partial charge in [-0.25, -0.2) is 0 Å². The molecule has 2 N–H and O–H groups in total. The van der Waals surface area contributed by atoms with Crippen LogP contribution in [0.5, 0.6) is 0 Å². The highest BCUT2D eigenvalue weighted by atomic mass is 16.5. The van der Waals surface area contributed by atoms with E-state index in [1.807, 2.05) is 6.92 Å². The van der Waals surface area contributed by atoms with Crippen molar-refractivity contribution in [1.29, 1.82) is 0 Å². The SMILES string of the molecule is CCOCCN(C)C(C)C(N)CC. The fourth-order valence-corrected chi connectivity index (χ4v) is 1.22. The Morgan fingerprint density at radius 3 is 2.46 bits per heavy atom. The van der Waals surface area contributed by atoms with E-state index in [4.69, 9.17) is 10.5 Å². The van der Waals surface area contributed by atoms with Crippen molar-refractivity contribution in [3.63, 3.8) is 0 Å². The van der Waals surface area contributed by atoms with Crippen LogP contribution < -0.4 is 5.73 Å². The molecule has 0 saturated carbocycles. The molecule has 0 bridgehead atoms. The van der Waals surface area contributed by atoms with E-state index in [9.17, 15) is 0 Å². The molecule has 3 nitrogen and oxygen atoms in total. The molecule has 0 fully saturated rings. The van der Waals surface area contributed by atoms with Crippen molar-refractivity contribution >= 4 is 0 Å². The number of hydrogen-bond donors (Lipinski definition) is 1. The number of likely N-dealkylation sites (N-methyl/N-ethyl adjacent to an activating group) is 1. The molecule has 0 saturated heterocycles. The van der Waals surface area contributed by atoms with Gasteiger partial charge in [0.15, 0.2) is 0 Å². The van der Waals surface area contributed by atoms with E-state index in [1.54, 1.807) is 0 Å². The van der Waals surface area contributed by atoms with E-state index in [0.29, 0.717) is 6.04 Å². The maximum absolute atomic E-state index is 5.94. The third-order valence-corrected chi connectivity index (χ3v) is 2.58. The summed E-state index contributed by atoms with van der Waals surface area (Å²) in [6, 6.07) is 0.706. The summed E-state index contributed by atoms with van der Waals surface area (Å²) in [4.78, 5) is 2.25. The summed E-state index contributed by atoms with van der Waals surface area (Å²) < 4.78 is 5.29. The topological polar surface area (TPSA) is 38.5 Å². The van der Waals surface area contributed by atoms with Crippen molar-refractivity contribution in [3.8, 4) is 0 Å². The van der Waals surface area contributed by atoms with Crippen LogP contribution in [0.25, 0.3) is 0 Å². The zero-order valence-corrected chi connectivity index (χ0v) is 9.42. The Labute approximate surface area is 82.2 Å². The van der Waals surface area contributed by atoms with Gasteiger partial charge in [0.1, 0.15) is 0 Å². The molecule has 3 heteroatoms. The van der Waals surface area contributed by atoms with Gasteiger partial charge in [0.25, 0.3) is 0 Å². The zero-order chi connectivity index (χ0) is 10.3. The van der Waals surface area contributed by atoms with Crippen LogP contribution in [0.1, 0.15) is 27.2 Å². The molecule has 0 aromatic carbocycles. The average molecular weight is 188 g/mol. The minimum atomic E-state index is 0.270. The lowest BCUT2D eigenvalue weighted by Gasteiger charge is -2.28. The molecule has 0 aliphatic heterocycles. The fraction of sp³-hybridized carbons (Fsp3) is 1.00. The summed E-state index contributed by atoms with van der Waals surface area (Å²) in [6.45, 7) is 8.86. The summed E-state index contributed by atoms with van der Waals surface area (Å²) in [7, 11) is 2.10. The number of nitrogens with two attached hydrogens (primary N) is 1. The van der Waals surface area contributed by atoms with E-state index in [1.165, 1.54) is 0 Å². The molecule has 2 unspecified atom stereocenters. The van der Waals surface area contributed by atoms with Crippen LogP contribution in [0.4, 0.5) is 0 Å². The predicted molar refractivity (Wildman–Crippen MR) is 56.9 cm³/mol. The Morgan fingerprint density at radius 1 is 1.38 bits per heavy atom. The Morgan fingerprint density at radius 2 is 2.00 bits per heavy atom. The Balaban J connectivity index is 3.62.